The average molecular weight is 726 g/mol. The van der Waals surface area contributed by atoms with E-state index in [0.29, 0.717) is 47.1 Å². The van der Waals surface area contributed by atoms with Gasteiger partial charge in [0.1, 0.15) is 36.1 Å². The van der Waals surface area contributed by atoms with E-state index in [9.17, 15) is 24.3 Å². The van der Waals surface area contributed by atoms with E-state index >= 15 is 0 Å². The van der Waals surface area contributed by atoms with Crippen molar-refractivity contribution in [2.75, 3.05) is 33.8 Å². The molecule has 6 rings (SSSR count). The highest BCUT2D eigenvalue weighted by molar-refractivity contribution is 6.35. The van der Waals surface area contributed by atoms with Crippen molar-refractivity contribution in [3.8, 4) is 11.6 Å². The lowest BCUT2D eigenvalue weighted by Gasteiger charge is -2.27. The van der Waals surface area contributed by atoms with Gasteiger partial charge in [-0.3, -0.25) is 9.59 Å². The molecule has 0 radical (unpaired) electrons. The zero-order valence-corrected chi connectivity index (χ0v) is 30.0. The molecule has 51 heavy (non-hydrogen) atoms. The molecule has 3 amide bonds. The number of nitrogens with zero attached hydrogens (tertiary/aromatic N) is 3. The summed E-state index contributed by atoms with van der Waals surface area (Å²) >= 11 is 6.54. The maximum absolute atomic E-state index is 14.1. The minimum absolute atomic E-state index is 0.0452. The molecule has 1 saturated heterocycles. The van der Waals surface area contributed by atoms with Crippen LogP contribution in [0.4, 0.5) is 4.79 Å². The van der Waals surface area contributed by atoms with Crippen molar-refractivity contribution in [3.05, 3.63) is 41.4 Å². The van der Waals surface area contributed by atoms with E-state index < -0.39 is 41.7 Å². The van der Waals surface area contributed by atoms with Gasteiger partial charge in [-0.15, -0.1) is 0 Å². The van der Waals surface area contributed by atoms with Crippen molar-refractivity contribution in [2.24, 2.45) is 5.92 Å². The Morgan fingerprint density at radius 2 is 1.92 bits per heavy atom. The minimum Gasteiger partial charge on any atom is -0.488 e. The number of carboxylic acid groups (broad SMARTS) is 1. The highest BCUT2D eigenvalue weighted by Gasteiger charge is 2.61. The number of hydrogen-bond donors (Lipinski definition) is 3. The third kappa shape index (κ3) is 8.86. The van der Waals surface area contributed by atoms with Crippen molar-refractivity contribution in [1.29, 1.82) is 0 Å². The molecule has 3 N–H and O–H groups in total. The number of carboxylic acids is 1. The van der Waals surface area contributed by atoms with Crippen LogP contribution in [0.15, 0.2) is 36.4 Å². The number of allylic oxidation sites excluding steroid dienone is 1. The molecular weight excluding hydrogens is 678 g/mol. The Balaban J connectivity index is 1.25. The monoisotopic (exact) mass is 725 g/mol. The molecule has 3 heterocycles. The topological polar surface area (TPSA) is 160 Å². The number of nitrogens with one attached hydrogen (secondary N) is 2. The first kappa shape index (κ1) is 36.7. The zero-order valence-electron chi connectivity index (χ0n) is 29.3. The second-order valence-corrected chi connectivity index (χ2v) is 14.8. The molecule has 1 aromatic heterocycles. The Morgan fingerprint density at radius 1 is 1.14 bits per heavy atom. The van der Waals surface area contributed by atoms with Crippen molar-refractivity contribution in [1.82, 2.24) is 25.4 Å². The average Bonchev–Trinajstić information content (AvgIpc) is 3.35. The summed E-state index contributed by atoms with van der Waals surface area (Å²) in [6.45, 7) is 1.12. The SMILES string of the molecule is CN(C)CCOc1cc(O[C@@H]2C[C@H]3C(=O)N[C@]4(C(=O)O)C[C@@H]4/C=C\CCCC[C@H](NC(=O)OC4CCCC4)CC(=O)N3C2)c2cccc(Cl)c2n1. The molecule has 3 fully saturated rings. The number of halogens is 1. The summed E-state index contributed by atoms with van der Waals surface area (Å²) in [5.41, 5.74) is -0.931. The van der Waals surface area contributed by atoms with E-state index in [1.165, 1.54) is 4.90 Å². The number of aromatic nitrogens is 1. The number of carbonyl (C=O) groups excluding carboxylic acids is 3. The standard InChI is InChI=1S/C37H48ClN5O8/c1-42(2)16-17-49-31-20-30(27-14-9-15-28(38)33(27)40-31)50-26-19-29-34(45)41-37(35(46)47)21-23(37)10-5-3-4-6-11-24(18-32(44)43(29)22-26)39-36(48)51-25-12-7-8-13-25/h5,9-10,14-15,20,23-26,29H,3-4,6-8,11-13,16-19,21-22H2,1-2H3,(H,39,48)(H,41,45)(H,46,47)/b10-5-/t23-,24-,26+,29-,37+/m0/s1. The minimum atomic E-state index is -1.42. The van der Waals surface area contributed by atoms with Crippen LogP contribution in [-0.4, -0.2) is 107 Å². The third-order valence-electron chi connectivity index (χ3n) is 10.3. The molecule has 4 aliphatic rings. The molecule has 0 spiro atoms. The number of alkyl carbamates (subject to hydrolysis) is 1. The lowest BCUT2D eigenvalue weighted by Crippen LogP contribution is -2.53. The first-order valence-electron chi connectivity index (χ1n) is 18.0. The lowest BCUT2D eigenvalue weighted by atomic mass is 10.0. The molecule has 0 bridgehead atoms. The van der Waals surface area contributed by atoms with E-state index in [0.717, 1.165) is 44.9 Å². The fourth-order valence-corrected chi connectivity index (χ4v) is 7.56. The summed E-state index contributed by atoms with van der Waals surface area (Å²) in [4.78, 5) is 61.5. The van der Waals surface area contributed by atoms with Gasteiger partial charge in [-0.2, -0.15) is 0 Å². The summed E-state index contributed by atoms with van der Waals surface area (Å²) in [5.74, 6) is -1.59. The van der Waals surface area contributed by atoms with Gasteiger partial charge in [-0.1, -0.05) is 36.2 Å². The lowest BCUT2D eigenvalue weighted by molar-refractivity contribution is -0.145. The summed E-state index contributed by atoms with van der Waals surface area (Å²) in [6.07, 6.45) is 9.40. The Labute approximate surface area is 303 Å². The van der Waals surface area contributed by atoms with Gasteiger partial charge in [0.2, 0.25) is 17.7 Å². The number of likely N-dealkylation sites (N-methyl/N-ethyl adjacent to an activating group) is 1. The van der Waals surface area contributed by atoms with Crippen molar-refractivity contribution in [3.63, 3.8) is 0 Å². The van der Waals surface area contributed by atoms with Gasteiger partial charge in [0.05, 0.1) is 17.1 Å². The maximum Gasteiger partial charge on any atom is 0.407 e. The van der Waals surface area contributed by atoms with Crippen LogP contribution in [0.3, 0.4) is 0 Å². The van der Waals surface area contributed by atoms with Gasteiger partial charge in [0, 0.05) is 42.8 Å². The second kappa shape index (κ2) is 16.1. The van der Waals surface area contributed by atoms with Gasteiger partial charge in [-0.05, 0) is 77.6 Å². The number of benzene rings is 1. The van der Waals surface area contributed by atoms with Crippen LogP contribution < -0.4 is 20.1 Å². The predicted molar refractivity (Wildman–Crippen MR) is 190 cm³/mol. The number of aliphatic carboxylic acids is 1. The van der Waals surface area contributed by atoms with Crippen LogP contribution in [0.1, 0.15) is 70.6 Å². The van der Waals surface area contributed by atoms with Crippen LogP contribution >= 0.6 is 11.6 Å². The smallest absolute Gasteiger partial charge is 0.407 e. The fraction of sp³-hybridized carbons (Fsp3) is 0.595. The molecule has 2 saturated carbocycles. The van der Waals surface area contributed by atoms with Crippen LogP contribution in [-0.2, 0) is 19.1 Å². The normalized spacial score (nSPS) is 27.9. The highest BCUT2D eigenvalue weighted by Crippen LogP contribution is 2.45. The van der Waals surface area contributed by atoms with Gasteiger partial charge in [0.15, 0.2) is 0 Å². The Kier molecular flexibility index (Phi) is 11.6. The van der Waals surface area contributed by atoms with E-state index in [1.807, 2.05) is 37.2 Å². The largest absolute Gasteiger partial charge is 0.488 e. The van der Waals surface area contributed by atoms with Crippen molar-refractivity contribution >= 4 is 46.4 Å². The van der Waals surface area contributed by atoms with Crippen molar-refractivity contribution in [2.45, 2.75) is 100 Å². The molecule has 13 nitrogen and oxygen atoms in total. The predicted octanol–water partition coefficient (Wildman–Crippen LogP) is 4.69. The first-order valence-corrected chi connectivity index (χ1v) is 18.4. The summed E-state index contributed by atoms with van der Waals surface area (Å²) in [6, 6.07) is 5.54. The van der Waals surface area contributed by atoms with Gasteiger partial charge >= 0.3 is 12.1 Å². The highest BCUT2D eigenvalue weighted by atomic mass is 35.5. The van der Waals surface area contributed by atoms with Crippen LogP contribution in [0.2, 0.25) is 5.02 Å². The Bertz CT molecular complexity index is 1650. The van der Waals surface area contributed by atoms with E-state index in [2.05, 4.69) is 15.6 Å². The molecule has 0 unspecified atom stereocenters. The van der Waals surface area contributed by atoms with Gasteiger partial charge in [0.25, 0.3) is 0 Å². The third-order valence-corrected chi connectivity index (χ3v) is 10.6. The molecule has 276 valence electrons. The Morgan fingerprint density at radius 3 is 2.69 bits per heavy atom. The number of ether oxygens (including phenoxy) is 3. The molecule has 14 heteroatoms. The molecule has 2 aromatic rings. The second-order valence-electron chi connectivity index (χ2n) is 14.4. The van der Waals surface area contributed by atoms with Crippen LogP contribution in [0.25, 0.3) is 10.9 Å². The number of fused-ring (bicyclic) bond motifs is 3. The van der Waals surface area contributed by atoms with Crippen LogP contribution in [0.5, 0.6) is 11.6 Å². The van der Waals surface area contributed by atoms with E-state index in [-0.39, 0.29) is 43.7 Å². The number of rotatable bonds is 9. The number of hydrogen-bond acceptors (Lipinski definition) is 9. The van der Waals surface area contributed by atoms with Gasteiger partial charge in [-0.25, -0.2) is 14.6 Å². The number of para-hydroxylation sites is 1. The molecule has 5 atom stereocenters. The van der Waals surface area contributed by atoms with E-state index in [1.54, 1.807) is 18.2 Å². The quantitative estimate of drug-likeness (QED) is 0.310. The van der Waals surface area contributed by atoms with E-state index in [4.69, 9.17) is 25.8 Å². The molecule has 1 aromatic carbocycles. The molecule has 2 aliphatic heterocycles. The molecule has 2 aliphatic carbocycles. The van der Waals surface area contributed by atoms with Gasteiger partial charge < -0.3 is 39.8 Å². The van der Waals surface area contributed by atoms with Crippen LogP contribution in [0, 0.1) is 5.92 Å². The Hall–Kier alpha value is -4.10. The summed E-state index contributed by atoms with van der Waals surface area (Å²) < 4.78 is 18.1. The number of amides is 3. The summed E-state index contributed by atoms with van der Waals surface area (Å²) in [5, 5.41) is 17.0. The fourth-order valence-electron chi connectivity index (χ4n) is 7.34. The summed E-state index contributed by atoms with van der Waals surface area (Å²) in [7, 11) is 3.88. The first-order chi connectivity index (χ1) is 24.5. The van der Waals surface area contributed by atoms with Crippen molar-refractivity contribution < 1.29 is 38.5 Å². The number of pyridine rings is 1. The maximum atomic E-state index is 14.1. The zero-order chi connectivity index (χ0) is 36.1. The number of carbonyl (C=O) groups is 4. The molecular formula is C37H48ClN5O8.